The van der Waals surface area contributed by atoms with E-state index in [1.54, 1.807) is 18.4 Å². The molecule has 0 aliphatic heterocycles. The van der Waals surface area contributed by atoms with Crippen LogP contribution in [0, 0.1) is 6.92 Å². The summed E-state index contributed by atoms with van der Waals surface area (Å²) in [4.78, 5) is 40.4. The minimum atomic E-state index is -0.537. The Morgan fingerprint density at radius 1 is 1.25 bits per heavy atom. The van der Waals surface area contributed by atoms with Crippen molar-refractivity contribution in [2.45, 2.75) is 20.3 Å². The number of nitrogens with zero attached hydrogens (tertiary/aromatic N) is 1. The highest BCUT2D eigenvalue weighted by atomic mass is 32.1. The van der Waals surface area contributed by atoms with Crippen LogP contribution in [0.15, 0.2) is 17.5 Å². The highest BCUT2D eigenvalue weighted by Crippen LogP contribution is 2.17. The number of carbonyl (C=O) groups is 3. The van der Waals surface area contributed by atoms with Gasteiger partial charge in [0.2, 0.25) is 0 Å². The second-order valence-corrected chi connectivity index (χ2v) is 6.81. The summed E-state index contributed by atoms with van der Waals surface area (Å²) in [5, 5.41) is 4.52. The Morgan fingerprint density at radius 2 is 2.04 bits per heavy atom. The first kappa shape index (κ1) is 18.1. The molecule has 2 heterocycles. The molecule has 0 saturated heterocycles. The van der Waals surface area contributed by atoms with Gasteiger partial charge in [0.15, 0.2) is 11.7 Å². The average molecular weight is 368 g/mol. The number of carbonyl (C=O) groups excluding carboxylic acids is 3. The number of anilines is 1. The number of amides is 1. The summed E-state index contributed by atoms with van der Waals surface area (Å²) in [5.74, 6) is -1.40. The van der Waals surface area contributed by atoms with Crippen molar-refractivity contribution in [2.24, 2.45) is 0 Å². The predicted octanol–water partition coefficient (Wildman–Crippen LogP) is 2.41. The third kappa shape index (κ3) is 5.43. The quantitative estimate of drug-likeness (QED) is 0.754. The number of aryl methyl sites for hydroxylation is 1. The molecule has 2 rings (SSSR count). The fourth-order valence-corrected chi connectivity index (χ4v) is 3.20. The zero-order valence-electron chi connectivity index (χ0n) is 13.2. The van der Waals surface area contributed by atoms with Crippen LogP contribution < -0.4 is 5.32 Å². The number of thiazole rings is 1. The highest BCUT2D eigenvalue weighted by molar-refractivity contribution is 7.14. The second kappa shape index (κ2) is 8.55. The number of hydrogen-bond donors (Lipinski definition) is 1. The van der Waals surface area contributed by atoms with E-state index in [0.29, 0.717) is 22.3 Å². The van der Waals surface area contributed by atoms with Gasteiger partial charge in [-0.25, -0.2) is 9.78 Å². The Kier molecular flexibility index (Phi) is 6.44. The first-order valence-electron chi connectivity index (χ1n) is 7.11. The first-order chi connectivity index (χ1) is 11.5. The largest absolute Gasteiger partial charge is 0.466 e. The number of rotatable bonds is 7. The molecular formula is C15H16N2O5S2. The first-order valence-corrected chi connectivity index (χ1v) is 8.81. The maximum Gasteiger partial charge on any atom is 0.348 e. The van der Waals surface area contributed by atoms with Crippen molar-refractivity contribution in [3.63, 3.8) is 0 Å². The molecule has 0 aromatic carbocycles. The van der Waals surface area contributed by atoms with Gasteiger partial charge in [-0.05, 0) is 26.0 Å². The smallest absolute Gasteiger partial charge is 0.348 e. The van der Waals surface area contributed by atoms with Crippen LogP contribution in [-0.4, -0.2) is 36.0 Å². The van der Waals surface area contributed by atoms with Gasteiger partial charge in [-0.1, -0.05) is 0 Å². The summed E-state index contributed by atoms with van der Waals surface area (Å²) in [6.07, 6.45) is 0.0485. The van der Waals surface area contributed by atoms with Crippen molar-refractivity contribution in [3.05, 3.63) is 33.0 Å². The molecule has 0 atom stereocenters. The van der Waals surface area contributed by atoms with Crippen LogP contribution in [0.5, 0.6) is 0 Å². The Balaban J connectivity index is 1.79. The van der Waals surface area contributed by atoms with E-state index in [4.69, 9.17) is 9.47 Å². The van der Waals surface area contributed by atoms with Crippen LogP contribution in [0.2, 0.25) is 0 Å². The van der Waals surface area contributed by atoms with E-state index >= 15 is 0 Å². The van der Waals surface area contributed by atoms with Gasteiger partial charge in [0.25, 0.3) is 5.91 Å². The molecule has 9 heteroatoms. The Hall–Kier alpha value is -2.26. The number of aromatic nitrogens is 1. The van der Waals surface area contributed by atoms with Crippen LogP contribution in [0.25, 0.3) is 0 Å². The molecule has 0 aliphatic carbocycles. The Labute approximate surface area is 146 Å². The lowest BCUT2D eigenvalue weighted by Gasteiger charge is -2.03. The number of esters is 2. The van der Waals surface area contributed by atoms with E-state index < -0.39 is 18.5 Å². The normalized spacial score (nSPS) is 10.2. The topological polar surface area (TPSA) is 94.6 Å². The lowest BCUT2D eigenvalue weighted by Crippen LogP contribution is -2.20. The predicted molar refractivity (Wildman–Crippen MR) is 90.4 cm³/mol. The van der Waals surface area contributed by atoms with Gasteiger partial charge < -0.3 is 9.47 Å². The van der Waals surface area contributed by atoms with E-state index in [1.165, 1.54) is 22.7 Å². The van der Waals surface area contributed by atoms with E-state index in [0.717, 1.165) is 4.88 Å². The Morgan fingerprint density at radius 3 is 2.71 bits per heavy atom. The highest BCUT2D eigenvalue weighted by Gasteiger charge is 2.14. The fourth-order valence-electron chi connectivity index (χ4n) is 1.71. The lowest BCUT2D eigenvalue weighted by atomic mass is 10.3. The molecule has 0 radical (unpaired) electrons. The fraction of sp³-hybridized carbons (Fsp3) is 0.333. The molecule has 2 aromatic heterocycles. The maximum atomic E-state index is 11.8. The summed E-state index contributed by atoms with van der Waals surface area (Å²) >= 11 is 2.49. The standard InChI is InChI=1S/C15H16N2O5S2/c1-3-21-13(19)6-10-8-23-15(16-10)17-12(18)7-22-14(20)11-5-4-9(2)24-11/h4-5,8H,3,6-7H2,1-2H3,(H,16,17,18). The van der Waals surface area contributed by atoms with Gasteiger partial charge in [0.05, 0.1) is 18.7 Å². The van der Waals surface area contributed by atoms with Crippen LogP contribution in [0.4, 0.5) is 5.13 Å². The number of nitrogens with one attached hydrogen (secondary N) is 1. The molecule has 0 fully saturated rings. The molecule has 1 N–H and O–H groups in total. The van der Waals surface area contributed by atoms with E-state index in [2.05, 4.69) is 10.3 Å². The van der Waals surface area contributed by atoms with Crippen molar-refractivity contribution in [2.75, 3.05) is 18.5 Å². The van der Waals surface area contributed by atoms with Gasteiger partial charge in [-0.3, -0.25) is 14.9 Å². The molecule has 1 amide bonds. The number of hydrogen-bond acceptors (Lipinski definition) is 8. The summed E-state index contributed by atoms with van der Waals surface area (Å²) in [5.41, 5.74) is 0.514. The van der Waals surface area contributed by atoms with Crippen LogP contribution in [0.3, 0.4) is 0 Å². The molecule has 0 aliphatic rings. The van der Waals surface area contributed by atoms with Gasteiger partial charge in [-0.2, -0.15) is 0 Å². The third-order valence-corrected chi connectivity index (χ3v) is 4.49. The molecule has 24 heavy (non-hydrogen) atoms. The Bertz CT molecular complexity index is 738. The minimum absolute atomic E-state index is 0.0485. The maximum absolute atomic E-state index is 11.8. The summed E-state index contributed by atoms with van der Waals surface area (Å²) in [7, 11) is 0. The molecule has 0 spiro atoms. The number of thiophene rings is 1. The third-order valence-electron chi connectivity index (χ3n) is 2.70. The van der Waals surface area contributed by atoms with Gasteiger partial charge >= 0.3 is 11.9 Å². The zero-order chi connectivity index (χ0) is 17.5. The van der Waals surface area contributed by atoms with Gasteiger partial charge in [0.1, 0.15) is 4.88 Å². The summed E-state index contributed by atoms with van der Waals surface area (Å²) in [6, 6.07) is 3.46. The second-order valence-electron chi connectivity index (χ2n) is 4.66. The van der Waals surface area contributed by atoms with E-state index in [9.17, 15) is 14.4 Å². The number of ether oxygens (including phenoxy) is 2. The van der Waals surface area contributed by atoms with E-state index in [-0.39, 0.29) is 12.4 Å². The van der Waals surface area contributed by atoms with E-state index in [1.807, 2.05) is 13.0 Å². The summed E-state index contributed by atoms with van der Waals surface area (Å²) < 4.78 is 9.77. The van der Waals surface area contributed by atoms with Crippen LogP contribution >= 0.6 is 22.7 Å². The van der Waals surface area contributed by atoms with Crippen molar-refractivity contribution in [1.29, 1.82) is 0 Å². The average Bonchev–Trinajstić information content (AvgIpc) is 3.14. The van der Waals surface area contributed by atoms with Gasteiger partial charge in [-0.15, -0.1) is 22.7 Å². The molecule has 0 bridgehead atoms. The molecule has 128 valence electrons. The van der Waals surface area contributed by atoms with Crippen LogP contribution in [0.1, 0.15) is 27.2 Å². The minimum Gasteiger partial charge on any atom is -0.466 e. The zero-order valence-corrected chi connectivity index (χ0v) is 14.8. The monoisotopic (exact) mass is 368 g/mol. The SMILES string of the molecule is CCOC(=O)Cc1csc(NC(=O)COC(=O)c2ccc(C)s2)n1. The molecule has 0 saturated carbocycles. The molecule has 2 aromatic rings. The van der Waals surface area contributed by atoms with Crippen molar-refractivity contribution >= 4 is 45.7 Å². The van der Waals surface area contributed by atoms with Gasteiger partial charge in [0, 0.05) is 10.3 Å². The van der Waals surface area contributed by atoms with Crippen LogP contribution in [-0.2, 0) is 25.5 Å². The summed E-state index contributed by atoms with van der Waals surface area (Å²) in [6.45, 7) is 3.51. The molecular weight excluding hydrogens is 352 g/mol. The lowest BCUT2D eigenvalue weighted by molar-refractivity contribution is -0.142. The van der Waals surface area contributed by atoms with Crippen molar-refractivity contribution < 1.29 is 23.9 Å². The van der Waals surface area contributed by atoms with Crippen molar-refractivity contribution in [1.82, 2.24) is 4.98 Å². The molecule has 7 nitrogen and oxygen atoms in total. The molecule has 0 unspecified atom stereocenters. The van der Waals surface area contributed by atoms with Crippen molar-refractivity contribution in [3.8, 4) is 0 Å².